The number of nitrogens with zero attached hydrogens (tertiary/aromatic N) is 2. The number of fused-ring (bicyclic) bond motifs is 1. The molecule has 1 fully saturated rings. The van der Waals surface area contributed by atoms with Crippen molar-refractivity contribution in [3.63, 3.8) is 0 Å². The Hall–Kier alpha value is -3.51. The molecule has 6 heteroatoms. The number of benzene rings is 3. The van der Waals surface area contributed by atoms with Gasteiger partial charge in [0, 0.05) is 34.4 Å². The largest absolute Gasteiger partial charge is 0.322 e. The van der Waals surface area contributed by atoms with Crippen LogP contribution in [0.5, 0.6) is 0 Å². The maximum atomic E-state index is 12.8. The summed E-state index contributed by atoms with van der Waals surface area (Å²) in [5.41, 5.74) is 6.04. The summed E-state index contributed by atoms with van der Waals surface area (Å²) in [7, 11) is -0.935. The topological polar surface area (TPSA) is 62.3 Å². The van der Waals surface area contributed by atoms with Gasteiger partial charge in [-0.2, -0.15) is 0 Å². The van der Waals surface area contributed by atoms with E-state index in [1.165, 1.54) is 0 Å². The van der Waals surface area contributed by atoms with E-state index in [4.69, 9.17) is 4.98 Å². The van der Waals surface area contributed by atoms with E-state index in [1.807, 2.05) is 71.9 Å². The minimum absolute atomic E-state index is 0.183. The molecular weight excluding hydrogens is 406 g/mol. The van der Waals surface area contributed by atoms with E-state index in [-0.39, 0.29) is 5.91 Å². The maximum Gasteiger partial charge on any atom is 0.255 e. The number of carbonyl (C=O) groups is 1. The molecule has 4 aromatic rings. The summed E-state index contributed by atoms with van der Waals surface area (Å²) in [6.07, 6.45) is 0. The van der Waals surface area contributed by atoms with Crippen LogP contribution in [0.1, 0.15) is 15.9 Å². The fraction of sp³-hybridized carbons (Fsp3) is 0.120. The molecule has 1 saturated heterocycles. The molecule has 154 valence electrons. The van der Waals surface area contributed by atoms with E-state index in [0.717, 1.165) is 40.0 Å². The molecule has 0 saturated carbocycles. The van der Waals surface area contributed by atoms with E-state index in [0.29, 0.717) is 17.0 Å². The monoisotopic (exact) mass is 427 g/mol. The van der Waals surface area contributed by atoms with Gasteiger partial charge in [-0.05, 0) is 61.0 Å². The van der Waals surface area contributed by atoms with E-state index in [9.17, 15) is 9.00 Å². The van der Waals surface area contributed by atoms with Crippen molar-refractivity contribution in [2.45, 2.75) is 6.92 Å². The number of aryl methyl sites for hydroxylation is 1. The number of nitrogens with one attached hydrogen (secondary N) is 1. The van der Waals surface area contributed by atoms with Gasteiger partial charge in [0.25, 0.3) is 5.91 Å². The van der Waals surface area contributed by atoms with Gasteiger partial charge in [-0.3, -0.25) is 9.10 Å². The van der Waals surface area contributed by atoms with Gasteiger partial charge >= 0.3 is 0 Å². The smallest absolute Gasteiger partial charge is 0.255 e. The lowest BCUT2D eigenvalue weighted by molar-refractivity contribution is 0.102. The van der Waals surface area contributed by atoms with E-state index >= 15 is 0 Å². The quantitative estimate of drug-likeness (QED) is 0.501. The van der Waals surface area contributed by atoms with Crippen molar-refractivity contribution in [1.82, 2.24) is 4.98 Å². The van der Waals surface area contributed by atoms with Gasteiger partial charge < -0.3 is 5.32 Å². The molecule has 5 nitrogen and oxygen atoms in total. The Morgan fingerprint density at radius 1 is 1.00 bits per heavy atom. The molecule has 0 aliphatic carbocycles. The molecule has 1 unspecified atom stereocenters. The molecule has 1 N–H and O–H groups in total. The maximum absolute atomic E-state index is 12.8. The zero-order valence-corrected chi connectivity index (χ0v) is 17.9. The van der Waals surface area contributed by atoms with Crippen LogP contribution in [-0.2, 0) is 11.0 Å². The predicted molar refractivity (Wildman–Crippen MR) is 127 cm³/mol. The van der Waals surface area contributed by atoms with Gasteiger partial charge in [0.2, 0.25) is 0 Å². The summed E-state index contributed by atoms with van der Waals surface area (Å²) in [5, 5.41) is 4.07. The highest BCUT2D eigenvalue weighted by atomic mass is 32.2. The molecule has 2 heterocycles. The van der Waals surface area contributed by atoms with Crippen LogP contribution in [0, 0.1) is 6.92 Å². The van der Waals surface area contributed by atoms with Gasteiger partial charge in [0.15, 0.2) is 0 Å². The Labute approximate surface area is 183 Å². The lowest BCUT2D eigenvalue weighted by Crippen LogP contribution is -2.42. The van der Waals surface area contributed by atoms with Crippen LogP contribution in [0.25, 0.3) is 22.2 Å². The normalized spacial score (nSPS) is 15.5. The van der Waals surface area contributed by atoms with Crippen molar-refractivity contribution in [3.05, 3.63) is 90.0 Å². The fourth-order valence-electron chi connectivity index (χ4n) is 3.68. The Bertz CT molecular complexity index is 1320. The summed E-state index contributed by atoms with van der Waals surface area (Å²) < 4.78 is 13.5. The highest BCUT2D eigenvalue weighted by Crippen LogP contribution is 2.28. The highest BCUT2D eigenvalue weighted by molar-refractivity contribution is 7.88. The summed E-state index contributed by atoms with van der Waals surface area (Å²) >= 11 is 0. The van der Waals surface area contributed by atoms with Crippen molar-refractivity contribution in [2.75, 3.05) is 21.9 Å². The summed E-state index contributed by atoms with van der Waals surface area (Å²) in [5.74, 6) is 0.516. The van der Waals surface area contributed by atoms with E-state index in [1.54, 1.807) is 12.1 Å². The highest BCUT2D eigenvalue weighted by Gasteiger charge is 2.23. The lowest BCUT2D eigenvalue weighted by atomic mass is 10.0. The SMILES string of the molecule is Cc1ccc(NC(=O)c2ccc(N3CCS3=O)cc2)cc1-c1ccc2ccccc2n1. The van der Waals surface area contributed by atoms with Crippen molar-refractivity contribution in [1.29, 1.82) is 0 Å². The molecule has 3 aromatic carbocycles. The summed E-state index contributed by atoms with van der Waals surface area (Å²) in [6, 6.07) is 25.1. The molecule has 1 aliphatic rings. The van der Waals surface area contributed by atoms with Crippen LogP contribution in [0.4, 0.5) is 11.4 Å². The van der Waals surface area contributed by atoms with Gasteiger partial charge in [0.05, 0.1) is 17.0 Å². The first kappa shape index (κ1) is 19.5. The zero-order chi connectivity index (χ0) is 21.4. The average Bonchev–Trinajstić information content (AvgIpc) is 2.79. The number of carbonyl (C=O) groups excluding carboxylic acids is 1. The molecule has 0 bridgehead atoms. The Kier molecular flexibility index (Phi) is 5.00. The van der Waals surface area contributed by atoms with Crippen LogP contribution >= 0.6 is 0 Å². The lowest BCUT2D eigenvalue weighted by Gasteiger charge is -2.31. The molecule has 1 aromatic heterocycles. The first-order chi connectivity index (χ1) is 15.1. The van der Waals surface area contributed by atoms with Crippen molar-refractivity contribution < 1.29 is 9.00 Å². The summed E-state index contributed by atoms with van der Waals surface area (Å²) in [6.45, 7) is 2.82. The molecule has 31 heavy (non-hydrogen) atoms. The second-order valence-electron chi connectivity index (χ2n) is 7.55. The molecule has 0 spiro atoms. The molecule has 0 radical (unpaired) electrons. The molecule has 1 amide bonds. The number of aromatic nitrogens is 1. The molecule has 1 aliphatic heterocycles. The van der Waals surface area contributed by atoms with Crippen LogP contribution in [-0.4, -0.2) is 27.4 Å². The molecule has 1 atom stereocenters. The Morgan fingerprint density at radius 2 is 1.81 bits per heavy atom. The predicted octanol–water partition coefficient (Wildman–Crippen LogP) is 4.95. The number of hydrogen-bond acceptors (Lipinski definition) is 3. The number of anilines is 2. The number of rotatable bonds is 4. The number of pyridine rings is 1. The minimum atomic E-state index is -0.935. The number of amides is 1. The Morgan fingerprint density at radius 3 is 2.55 bits per heavy atom. The van der Waals surface area contributed by atoms with Gasteiger partial charge in [-0.1, -0.05) is 30.3 Å². The first-order valence-electron chi connectivity index (χ1n) is 10.1. The van der Waals surface area contributed by atoms with Gasteiger partial charge in [-0.25, -0.2) is 9.19 Å². The minimum Gasteiger partial charge on any atom is -0.322 e. The van der Waals surface area contributed by atoms with Crippen molar-refractivity contribution in [3.8, 4) is 11.3 Å². The second kappa shape index (κ2) is 7.96. The first-order valence-corrected chi connectivity index (χ1v) is 11.4. The van der Waals surface area contributed by atoms with Gasteiger partial charge in [-0.15, -0.1) is 0 Å². The van der Waals surface area contributed by atoms with Crippen LogP contribution < -0.4 is 9.62 Å². The molecule has 5 rings (SSSR count). The third-order valence-electron chi connectivity index (χ3n) is 5.50. The number of hydrogen-bond donors (Lipinski definition) is 1. The third-order valence-corrected chi connectivity index (χ3v) is 6.92. The van der Waals surface area contributed by atoms with Crippen LogP contribution in [0.3, 0.4) is 0 Å². The number of para-hydroxylation sites is 1. The van der Waals surface area contributed by atoms with Crippen LogP contribution in [0.15, 0.2) is 78.9 Å². The van der Waals surface area contributed by atoms with Gasteiger partial charge in [0.1, 0.15) is 11.0 Å². The molecular formula is C25H21N3O2S. The fourth-order valence-corrected chi connectivity index (χ4v) is 4.55. The summed E-state index contributed by atoms with van der Waals surface area (Å²) in [4.78, 5) is 17.5. The van der Waals surface area contributed by atoms with Crippen molar-refractivity contribution in [2.24, 2.45) is 0 Å². The third kappa shape index (κ3) is 3.82. The van der Waals surface area contributed by atoms with E-state index < -0.39 is 11.0 Å². The standard InChI is InChI=1S/C25H21N3O2S/c1-17-6-10-20(16-22(17)24-13-9-18-4-2-3-5-23(18)27-24)26-25(29)19-7-11-21(12-8-19)28-14-15-31(28)30/h2-13,16H,14-15H2,1H3,(H,26,29). The van der Waals surface area contributed by atoms with E-state index in [2.05, 4.69) is 11.4 Å². The Balaban J connectivity index is 1.38. The van der Waals surface area contributed by atoms with Crippen molar-refractivity contribution >= 4 is 39.2 Å². The van der Waals surface area contributed by atoms with Crippen LogP contribution in [0.2, 0.25) is 0 Å². The average molecular weight is 428 g/mol. The zero-order valence-electron chi connectivity index (χ0n) is 17.0. The second-order valence-corrected chi connectivity index (χ2v) is 9.04.